The van der Waals surface area contributed by atoms with Crippen LogP contribution >= 0.6 is 12.4 Å². The van der Waals surface area contributed by atoms with Crippen LogP contribution in [0.4, 0.5) is 0 Å². The molecule has 2 rings (SSSR count). The molecule has 3 N–H and O–H groups in total. The highest BCUT2D eigenvalue weighted by Crippen LogP contribution is 2.19. The Morgan fingerprint density at radius 3 is 2.50 bits per heavy atom. The van der Waals surface area contributed by atoms with Crippen molar-refractivity contribution in [3.63, 3.8) is 0 Å². The first kappa shape index (κ1) is 18.2. The van der Waals surface area contributed by atoms with Crippen LogP contribution in [0.5, 0.6) is 0 Å². The third-order valence-electron chi connectivity index (χ3n) is 3.39. The smallest absolute Gasteiger partial charge is 0.337 e. The summed E-state index contributed by atoms with van der Waals surface area (Å²) in [6, 6.07) is 15.9. The van der Waals surface area contributed by atoms with Gasteiger partial charge in [0.05, 0.1) is 24.8 Å². The molecule has 2 aromatic carbocycles. The van der Waals surface area contributed by atoms with Gasteiger partial charge < -0.3 is 15.6 Å². The average Bonchev–Trinajstić information content (AvgIpc) is 2.54. The maximum absolute atomic E-state index is 11.5. The van der Waals surface area contributed by atoms with E-state index in [1.165, 1.54) is 7.11 Å². The number of hydrogen-bond acceptors (Lipinski definition) is 4. The van der Waals surface area contributed by atoms with Crippen LogP contribution in [0.25, 0.3) is 0 Å². The van der Waals surface area contributed by atoms with E-state index in [0.29, 0.717) is 17.5 Å². The summed E-state index contributed by atoms with van der Waals surface area (Å²) in [5, 5.41) is 10.3. The minimum absolute atomic E-state index is 0. The molecule has 0 saturated carbocycles. The van der Waals surface area contributed by atoms with E-state index in [4.69, 9.17) is 5.73 Å². The number of esters is 1. The Morgan fingerprint density at radius 2 is 1.86 bits per heavy atom. The van der Waals surface area contributed by atoms with Gasteiger partial charge >= 0.3 is 5.97 Å². The predicted octanol–water partition coefficient (Wildman–Crippen LogP) is 2.50. The van der Waals surface area contributed by atoms with E-state index in [-0.39, 0.29) is 12.4 Å². The number of carbonyl (C=O) groups excluding carboxylic acids is 1. The molecule has 2 aromatic rings. The second-order valence-corrected chi connectivity index (χ2v) is 4.90. The minimum atomic E-state index is -0.722. The van der Waals surface area contributed by atoms with E-state index < -0.39 is 18.1 Å². The molecular formula is C17H20ClNO3. The standard InChI is InChI=1S/C17H19NO3.ClH/c1-21-17(20)14-9-5-8-13(11-14)16(18)15(19)10-12-6-3-2-4-7-12;/h2-9,11,15-16,19H,10,18H2,1H3;1H/t15-,16+;/m1./s1. The summed E-state index contributed by atoms with van der Waals surface area (Å²) in [6.45, 7) is 0. The molecular weight excluding hydrogens is 302 g/mol. The first-order chi connectivity index (χ1) is 10.1. The summed E-state index contributed by atoms with van der Waals surface area (Å²) < 4.78 is 4.68. The lowest BCUT2D eigenvalue weighted by atomic mass is 9.96. The third-order valence-corrected chi connectivity index (χ3v) is 3.39. The lowest BCUT2D eigenvalue weighted by molar-refractivity contribution is 0.0600. The molecule has 0 radical (unpaired) electrons. The number of ether oxygens (including phenoxy) is 1. The number of methoxy groups -OCH3 is 1. The lowest BCUT2D eigenvalue weighted by Crippen LogP contribution is -2.28. The molecule has 118 valence electrons. The minimum Gasteiger partial charge on any atom is -0.465 e. The van der Waals surface area contributed by atoms with Crippen LogP contribution in [-0.4, -0.2) is 24.3 Å². The third kappa shape index (κ3) is 4.56. The Kier molecular flexibility index (Phi) is 7.05. The molecule has 2 atom stereocenters. The molecule has 0 fully saturated rings. The van der Waals surface area contributed by atoms with Crippen molar-refractivity contribution in [2.75, 3.05) is 7.11 Å². The predicted molar refractivity (Wildman–Crippen MR) is 88.1 cm³/mol. The molecule has 0 bridgehead atoms. The van der Waals surface area contributed by atoms with E-state index in [1.807, 2.05) is 30.3 Å². The van der Waals surface area contributed by atoms with Crippen molar-refractivity contribution in [2.24, 2.45) is 5.73 Å². The summed E-state index contributed by atoms with van der Waals surface area (Å²) in [6.07, 6.45) is -0.259. The van der Waals surface area contributed by atoms with Gasteiger partial charge in [0.15, 0.2) is 0 Å². The number of aliphatic hydroxyl groups excluding tert-OH is 1. The first-order valence-electron chi connectivity index (χ1n) is 6.77. The van der Waals surface area contributed by atoms with Crippen molar-refractivity contribution in [3.8, 4) is 0 Å². The maximum atomic E-state index is 11.5. The van der Waals surface area contributed by atoms with Gasteiger partial charge in [-0.2, -0.15) is 0 Å². The molecule has 0 aliphatic rings. The van der Waals surface area contributed by atoms with Crippen molar-refractivity contribution in [2.45, 2.75) is 18.6 Å². The molecule has 4 nitrogen and oxygen atoms in total. The summed E-state index contributed by atoms with van der Waals surface area (Å²) >= 11 is 0. The molecule has 5 heteroatoms. The van der Waals surface area contributed by atoms with Crippen LogP contribution < -0.4 is 5.73 Å². The van der Waals surface area contributed by atoms with E-state index in [2.05, 4.69) is 4.74 Å². The van der Waals surface area contributed by atoms with Gasteiger partial charge in [-0.05, 0) is 23.3 Å². The normalized spacial score (nSPS) is 12.9. The van der Waals surface area contributed by atoms with Gasteiger partial charge in [0, 0.05) is 6.42 Å². The molecule has 0 aliphatic carbocycles. The van der Waals surface area contributed by atoms with Gasteiger partial charge in [-0.15, -0.1) is 12.4 Å². The van der Waals surface area contributed by atoms with Crippen LogP contribution in [-0.2, 0) is 11.2 Å². The van der Waals surface area contributed by atoms with Crippen LogP contribution in [0.15, 0.2) is 54.6 Å². The zero-order chi connectivity index (χ0) is 15.2. The fourth-order valence-electron chi connectivity index (χ4n) is 2.20. The molecule has 0 heterocycles. The number of rotatable bonds is 5. The van der Waals surface area contributed by atoms with Gasteiger partial charge in [-0.3, -0.25) is 0 Å². The van der Waals surface area contributed by atoms with Crippen LogP contribution in [0.2, 0.25) is 0 Å². The summed E-state index contributed by atoms with van der Waals surface area (Å²) in [4.78, 5) is 11.5. The maximum Gasteiger partial charge on any atom is 0.337 e. The SMILES string of the molecule is COC(=O)c1cccc([C@H](N)[C@H](O)Cc2ccccc2)c1.Cl. The van der Waals surface area contributed by atoms with Gasteiger partial charge in [-0.25, -0.2) is 4.79 Å². The number of aliphatic hydroxyl groups is 1. The Bertz CT molecular complexity index is 604. The number of nitrogens with two attached hydrogens (primary N) is 1. The van der Waals surface area contributed by atoms with Crippen molar-refractivity contribution in [1.29, 1.82) is 0 Å². The van der Waals surface area contributed by atoms with Crippen LogP contribution in [0, 0.1) is 0 Å². The first-order valence-corrected chi connectivity index (χ1v) is 6.77. The second-order valence-electron chi connectivity index (χ2n) is 4.90. The Labute approximate surface area is 136 Å². The number of carbonyl (C=O) groups is 1. The number of halogens is 1. The molecule has 0 aliphatic heterocycles. The second kappa shape index (κ2) is 8.54. The monoisotopic (exact) mass is 321 g/mol. The highest BCUT2D eigenvalue weighted by atomic mass is 35.5. The van der Waals surface area contributed by atoms with Crippen molar-refractivity contribution >= 4 is 18.4 Å². The highest BCUT2D eigenvalue weighted by molar-refractivity contribution is 5.89. The largest absolute Gasteiger partial charge is 0.465 e. The topological polar surface area (TPSA) is 72.5 Å². The van der Waals surface area contributed by atoms with E-state index in [9.17, 15) is 9.90 Å². The Balaban J connectivity index is 0.00000242. The molecule has 22 heavy (non-hydrogen) atoms. The van der Waals surface area contributed by atoms with Crippen LogP contribution in [0.3, 0.4) is 0 Å². The number of benzene rings is 2. The fourth-order valence-corrected chi connectivity index (χ4v) is 2.20. The summed E-state index contributed by atoms with van der Waals surface area (Å²) in [7, 11) is 1.33. The highest BCUT2D eigenvalue weighted by Gasteiger charge is 2.18. The quantitative estimate of drug-likeness (QED) is 0.830. The summed E-state index contributed by atoms with van der Waals surface area (Å²) in [5.74, 6) is -0.415. The van der Waals surface area contributed by atoms with E-state index >= 15 is 0 Å². The Hall–Kier alpha value is -1.88. The molecule has 0 amide bonds. The molecule has 0 spiro atoms. The summed E-state index contributed by atoms with van der Waals surface area (Å²) in [5.41, 5.74) is 8.25. The molecule has 0 unspecified atom stereocenters. The van der Waals surface area contributed by atoms with Gasteiger partial charge in [0.1, 0.15) is 0 Å². The Morgan fingerprint density at radius 1 is 1.18 bits per heavy atom. The average molecular weight is 322 g/mol. The van der Waals surface area contributed by atoms with Crippen molar-refractivity contribution in [3.05, 3.63) is 71.3 Å². The molecule has 0 aromatic heterocycles. The number of hydrogen-bond donors (Lipinski definition) is 2. The van der Waals surface area contributed by atoms with Gasteiger partial charge in [0.25, 0.3) is 0 Å². The van der Waals surface area contributed by atoms with Crippen molar-refractivity contribution < 1.29 is 14.6 Å². The molecule has 0 saturated heterocycles. The fraction of sp³-hybridized carbons (Fsp3) is 0.235. The van der Waals surface area contributed by atoms with Crippen LogP contribution in [0.1, 0.15) is 27.5 Å². The van der Waals surface area contributed by atoms with E-state index in [1.54, 1.807) is 24.3 Å². The lowest BCUT2D eigenvalue weighted by Gasteiger charge is -2.19. The van der Waals surface area contributed by atoms with Gasteiger partial charge in [-0.1, -0.05) is 42.5 Å². The zero-order valence-electron chi connectivity index (χ0n) is 12.3. The zero-order valence-corrected chi connectivity index (χ0v) is 13.1. The van der Waals surface area contributed by atoms with Crippen molar-refractivity contribution in [1.82, 2.24) is 0 Å². The van der Waals surface area contributed by atoms with Gasteiger partial charge in [0.2, 0.25) is 0 Å². The van der Waals surface area contributed by atoms with E-state index in [0.717, 1.165) is 5.56 Å².